The van der Waals surface area contributed by atoms with Crippen LogP contribution < -0.4 is 14.9 Å². The molecule has 0 unspecified atom stereocenters. The van der Waals surface area contributed by atoms with E-state index in [2.05, 4.69) is 17.1 Å². The first-order valence-electron chi connectivity index (χ1n) is 11.2. The Morgan fingerprint density at radius 1 is 1.11 bits per heavy atom. The van der Waals surface area contributed by atoms with Crippen LogP contribution in [0.5, 0.6) is 11.5 Å². The van der Waals surface area contributed by atoms with Crippen molar-refractivity contribution >= 4 is 23.1 Å². The minimum absolute atomic E-state index is 0.173. The first kappa shape index (κ1) is 23.8. The van der Waals surface area contributed by atoms with E-state index in [-0.39, 0.29) is 18.2 Å². The van der Waals surface area contributed by atoms with Crippen molar-refractivity contribution in [3.63, 3.8) is 0 Å². The van der Waals surface area contributed by atoms with Gasteiger partial charge in [-0.05, 0) is 60.9 Å². The molecular formula is C28H25FN2O4. The van der Waals surface area contributed by atoms with E-state index in [1.807, 2.05) is 31.2 Å². The molecule has 0 bridgehead atoms. The first-order chi connectivity index (χ1) is 17.1. The van der Waals surface area contributed by atoms with Crippen molar-refractivity contribution in [3.8, 4) is 11.5 Å². The molecule has 0 radical (unpaired) electrons. The molecule has 3 aromatic carbocycles. The van der Waals surface area contributed by atoms with E-state index in [1.54, 1.807) is 36.4 Å². The zero-order chi connectivity index (χ0) is 24.6. The van der Waals surface area contributed by atoms with E-state index in [4.69, 9.17) is 13.9 Å². The van der Waals surface area contributed by atoms with Crippen molar-refractivity contribution in [3.05, 3.63) is 108 Å². The smallest absolute Gasteiger partial charge is 0.307 e. The Balaban J connectivity index is 1.53. The number of hydrogen-bond donors (Lipinski definition) is 1. The normalized spacial score (nSPS) is 11.0. The van der Waals surface area contributed by atoms with Gasteiger partial charge in [-0.15, -0.1) is 6.58 Å². The van der Waals surface area contributed by atoms with Crippen molar-refractivity contribution in [2.75, 3.05) is 6.61 Å². The van der Waals surface area contributed by atoms with Gasteiger partial charge in [-0.3, -0.25) is 4.79 Å². The summed E-state index contributed by atoms with van der Waals surface area (Å²) < 4.78 is 30.9. The lowest BCUT2D eigenvalue weighted by atomic mass is 10.1. The second kappa shape index (κ2) is 11.2. The van der Waals surface area contributed by atoms with E-state index in [0.29, 0.717) is 41.2 Å². The number of halogens is 1. The van der Waals surface area contributed by atoms with Crippen LogP contribution >= 0.6 is 0 Å². The number of carbonyl (C=O) groups is 1. The van der Waals surface area contributed by atoms with Gasteiger partial charge in [0, 0.05) is 10.9 Å². The molecule has 4 rings (SSSR count). The number of nitrogens with one attached hydrogen (secondary N) is 1. The molecule has 7 heteroatoms. The van der Waals surface area contributed by atoms with Crippen LogP contribution in [0.3, 0.4) is 0 Å². The van der Waals surface area contributed by atoms with E-state index in [1.165, 1.54) is 18.3 Å². The lowest BCUT2D eigenvalue weighted by molar-refractivity contribution is 0.0929. The maximum atomic E-state index is 13.5. The van der Waals surface area contributed by atoms with E-state index in [0.717, 1.165) is 10.9 Å². The Bertz CT molecular complexity index is 1340. The van der Waals surface area contributed by atoms with E-state index in [9.17, 15) is 9.18 Å². The van der Waals surface area contributed by atoms with Gasteiger partial charge < -0.3 is 13.9 Å². The Hall–Kier alpha value is -4.39. The molecule has 178 valence electrons. The highest BCUT2D eigenvalue weighted by molar-refractivity contribution is 5.96. The number of fused-ring (bicyclic) bond motifs is 1. The summed E-state index contributed by atoms with van der Waals surface area (Å²) in [5, 5.41) is 4.91. The largest absolute Gasteiger partial charge is 0.490 e. The number of para-hydroxylation sites is 1. The highest BCUT2D eigenvalue weighted by Gasteiger charge is 2.14. The SMILES string of the molecule is C=CCc1cc(/C=N/NC(=O)c2cc3ccccc3o2)cc(OCC)c1OCc1cccc(F)c1. The number of rotatable bonds is 10. The number of hydrazone groups is 1. The van der Waals surface area contributed by atoms with Crippen LogP contribution in [0.15, 0.2) is 88.9 Å². The molecule has 4 aromatic rings. The minimum Gasteiger partial charge on any atom is -0.490 e. The zero-order valence-corrected chi connectivity index (χ0v) is 19.3. The van der Waals surface area contributed by atoms with Gasteiger partial charge >= 0.3 is 5.91 Å². The van der Waals surface area contributed by atoms with Crippen LogP contribution in [0.2, 0.25) is 0 Å². The Labute approximate surface area is 202 Å². The molecular weight excluding hydrogens is 447 g/mol. The molecule has 0 aliphatic rings. The number of hydrogen-bond acceptors (Lipinski definition) is 5. The van der Waals surface area contributed by atoms with Crippen molar-refractivity contribution in [1.82, 2.24) is 5.43 Å². The Kier molecular flexibility index (Phi) is 7.57. The Morgan fingerprint density at radius 2 is 1.97 bits per heavy atom. The van der Waals surface area contributed by atoms with Gasteiger partial charge in [-0.25, -0.2) is 9.82 Å². The van der Waals surface area contributed by atoms with Gasteiger partial charge in [0.25, 0.3) is 0 Å². The third-order valence-corrected chi connectivity index (χ3v) is 5.12. The molecule has 35 heavy (non-hydrogen) atoms. The first-order valence-corrected chi connectivity index (χ1v) is 11.2. The zero-order valence-electron chi connectivity index (χ0n) is 19.3. The molecule has 1 heterocycles. The van der Waals surface area contributed by atoms with Crippen LogP contribution in [0.25, 0.3) is 11.0 Å². The molecule has 0 aliphatic carbocycles. The quantitative estimate of drug-likeness (QED) is 0.173. The third-order valence-electron chi connectivity index (χ3n) is 5.12. The van der Waals surface area contributed by atoms with Gasteiger partial charge in [0.15, 0.2) is 17.3 Å². The summed E-state index contributed by atoms with van der Waals surface area (Å²) in [5.41, 5.74) is 5.35. The number of nitrogens with zero attached hydrogens (tertiary/aromatic N) is 1. The summed E-state index contributed by atoms with van der Waals surface area (Å²) in [5.74, 6) is 0.474. The summed E-state index contributed by atoms with van der Waals surface area (Å²) in [6, 6.07) is 18.9. The summed E-state index contributed by atoms with van der Waals surface area (Å²) in [6.07, 6.45) is 3.79. The highest BCUT2D eigenvalue weighted by Crippen LogP contribution is 2.34. The molecule has 0 spiro atoms. The topological polar surface area (TPSA) is 73.1 Å². The van der Waals surface area contributed by atoms with Crippen molar-refractivity contribution in [1.29, 1.82) is 0 Å². The number of amides is 1. The van der Waals surface area contributed by atoms with Gasteiger partial charge in [0.2, 0.25) is 0 Å². The number of carbonyl (C=O) groups excluding carboxylic acids is 1. The average molecular weight is 473 g/mol. The van der Waals surface area contributed by atoms with Gasteiger partial charge in [0.1, 0.15) is 18.0 Å². The van der Waals surface area contributed by atoms with Crippen LogP contribution in [0.1, 0.15) is 34.2 Å². The highest BCUT2D eigenvalue weighted by atomic mass is 19.1. The second-order valence-corrected chi connectivity index (χ2v) is 7.70. The maximum Gasteiger partial charge on any atom is 0.307 e. The van der Waals surface area contributed by atoms with Crippen molar-refractivity contribution < 1.29 is 23.1 Å². The second-order valence-electron chi connectivity index (χ2n) is 7.70. The van der Waals surface area contributed by atoms with Crippen LogP contribution in [0.4, 0.5) is 4.39 Å². The lowest BCUT2D eigenvalue weighted by Gasteiger charge is -2.17. The fourth-order valence-corrected chi connectivity index (χ4v) is 3.59. The van der Waals surface area contributed by atoms with Crippen molar-refractivity contribution in [2.24, 2.45) is 5.10 Å². The van der Waals surface area contributed by atoms with E-state index >= 15 is 0 Å². The van der Waals surface area contributed by atoms with Crippen LogP contribution in [0, 0.1) is 5.82 Å². The van der Waals surface area contributed by atoms with E-state index < -0.39 is 5.91 Å². The number of ether oxygens (including phenoxy) is 2. The molecule has 0 saturated heterocycles. The van der Waals surface area contributed by atoms with Gasteiger partial charge in [0.05, 0.1) is 12.8 Å². The predicted molar refractivity (Wildman–Crippen MR) is 134 cm³/mol. The van der Waals surface area contributed by atoms with Gasteiger partial charge in [-0.1, -0.05) is 36.4 Å². The molecule has 0 fully saturated rings. The molecule has 0 saturated carbocycles. The average Bonchev–Trinajstić information content (AvgIpc) is 3.29. The molecule has 1 amide bonds. The summed E-state index contributed by atoms with van der Waals surface area (Å²) in [6.45, 7) is 6.30. The summed E-state index contributed by atoms with van der Waals surface area (Å²) >= 11 is 0. The molecule has 0 atom stereocenters. The lowest BCUT2D eigenvalue weighted by Crippen LogP contribution is -2.16. The number of allylic oxidation sites excluding steroid dienone is 1. The van der Waals surface area contributed by atoms with Crippen molar-refractivity contribution in [2.45, 2.75) is 20.0 Å². The standard InChI is InChI=1S/C28H25FN2O4/c1-3-8-22-13-20(17-30-31-28(32)26-16-21-10-5-6-12-24(21)35-26)15-25(33-4-2)27(22)34-18-19-9-7-11-23(29)14-19/h3,5-7,9-17H,1,4,8,18H2,2H3,(H,31,32)/b30-17+. The van der Waals surface area contributed by atoms with Crippen LogP contribution in [-0.4, -0.2) is 18.7 Å². The fraction of sp³-hybridized carbons (Fsp3) is 0.143. The number of benzene rings is 3. The van der Waals surface area contributed by atoms with Gasteiger partial charge in [-0.2, -0.15) is 5.10 Å². The Morgan fingerprint density at radius 3 is 2.74 bits per heavy atom. The predicted octanol–water partition coefficient (Wildman–Crippen LogP) is 6.04. The molecule has 0 aliphatic heterocycles. The maximum absolute atomic E-state index is 13.5. The fourth-order valence-electron chi connectivity index (χ4n) is 3.59. The monoisotopic (exact) mass is 472 g/mol. The summed E-state index contributed by atoms with van der Waals surface area (Å²) in [7, 11) is 0. The minimum atomic E-state index is -0.455. The molecule has 1 aromatic heterocycles. The van der Waals surface area contributed by atoms with Crippen LogP contribution in [-0.2, 0) is 13.0 Å². The number of furan rings is 1. The third kappa shape index (κ3) is 5.95. The summed E-state index contributed by atoms with van der Waals surface area (Å²) in [4.78, 5) is 12.4. The molecule has 6 nitrogen and oxygen atoms in total. The molecule has 1 N–H and O–H groups in total.